The molecule has 0 aliphatic heterocycles. The fourth-order valence-electron chi connectivity index (χ4n) is 1.18. The Labute approximate surface area is 80.0 Å². The molecule has 0 aromatic carbocycles. The molecule has 0 bridgehead atoms. The lowest BCUT2D eigenvalue weighted by Crippen LogP contribution is -2.20. The molecule has 0 aromatic rings. The molecule has 0 saturated heterocycles. The first-order valence-electron chi connectivity index (χ1n) is 4.67. The van der Waals surface area contributed by atoms with Crippen molar-refractivity contribution in [1.82, 2.24) is 0 Å². The third kappa shape index (κ3) is 7.20. The van der Waals surface area contributed by atoms with Crippen molar-refractivity contribution in [2.45, 2.75) is 32.3 Å². The van der Waals surface area contributed by atoms with Crippen LogP contribution in [0.15, 0.2) is 0 Å². The summed E-state index contributed by atoms with van der Waals surface area (Å²) >= 11 is 0. The summed E-state index contributed by atoms with van der Waals surface area (Å²) < 4.78 is 10.4. The van der Waals surface area contributed by atoms with Gasteiger partial charge in [0.1, 0.15) is 0 Å². The highest BCUT2D eigenvalue weighted by Crippen LogP contribution is 2.21. The van der Waals surface area contributed by atoms with Gasteiger partial charge in [-0.1, -0.05) is 13.3 Å². The summed E-state index contributed by atoms with van der Waals surface area (Å²) in [6.45, 7) is 2.56. The van der Waals surface area contributed by atoms with Crippen molar-refractivity contribution < 1.29 is 14.6 Å². The predicted molar refractivity (Wildman–Crippen MR) is 54.2 cm³/mol. The molecule has 0 rings (SSSR count). The Hall–Kier alpha value is 0.110. The molecule has 0 saturated carbocycles. The first-order valence-corrected chi connectivity index (χ1v) is 6.24. The Bertz CT molecular complexity index is 154. The Balaban J connectivity index is 3.56. The number of rotatable bonds is 7. The smallest absolute Gasteiger partial charge is 0.191 e. The van der Waals surface area contributed by atoms with Crippen LogP contribution in [-0.2, 0) is 4.57 Å². The Kier molecular flexibility index (Phi) is 7.57. The van der Waals surface area contributed by atoms with Gasteiger partial charge < -0.3 is 15.7 Å². The lowest BCUT2D eigenvalue weighted by molar-refractivity contribution is 0.130. The number of hydrogen-bond acceptors (Lipinski definition) is 3. The minimum atomic E-state index is -2.53. The molecular formula is C8H20NO3P. The lowest BCUT2D eigenvalue weighted by Gasteiger charge is -2.16. The standard InChI is InChI=1S/C8H20NO3P/c1-7(4-2-3-5-9)8(10)6-13(11)12/h7-8,10,13H,2-6,9H2,1H3,(H,11,12). The van der Waals surface area contributed by atoms with Crippen molar-refractivity contribution in [3.8, 4) is 0 Å². The summed E-state index contributed by atoms with van der Waals surface area (Å²) in [5.41, 5.74) is 5.32. The molecule has 0 aliphatic rings. The number of aliphatic hydroxyl groups is 1. The van der Waals surface area contributed by atoms with Crippen LogP contribution in [-0.4, -0.2) is 28.8 Å². The second-order valence-corrected chi connectivity index (χ2v) is 4.62. The molecule has 0 aliphatic carbocycles. The van der Waals surface area contributed by atoms with E-state index in [0.717, 1.165) is 19.3 Å². The maximum atomic E-state index is 10.4. The molecule has 5 heteroatoms. The number of aliphatic hydroxyl groups excluding tert-OH is 1. The van der Waals surface area contributed by atoms with E-state index >= 15 is 0 Å². The van der Waals surface area contributed by atoms with Gasteiger partial charge in [-0.3, -0.25) is 4.57 Å². The zero-order chi connectivity index (χ0) is 10.3. The van der Waals surface area contributed by atoms with Gasteiger partial charge in [0.2, 0.25) is 0 Å². The molecule has 80 valence electrons. The van der Waals surface area contributed by atoms with E-state index in [0.29, 0.717) is 6.54 Å². The van der Waals surface area contributed by atoms with E-state index < -0.39 is 14.1 Å². The van der Waals surface area contributed by atoms with E-state index in [9.17, 15) is 9.67 Å². The van der Waals surface area contributed by atoms with E-state index in [1.54, 1.807) is 0 Å². The van der Waals surface area contributed by atoms with Crippen LogP contribution in [0.5, 0.6) is 0 Å². The van der Waals surface area contributed by atoms with Gasteiger partial charge >= 0.3 is 0 Å². The van der Waals surface area contributed by atoms with E-state index in [1.807, 2.05) is 6.92 Å². The van der Waals surface area contributed by atoms with Crippen molar-refractivity contribution in [3.63, 3.8) is 0 Å². The fraction of sp³-hybridized carbons (Fsp3) is 1.00. The van der Waals surface area contributed by atoms with Gasteiger partial charge in [-0.2, -0.15) is 0 Å². The molecule has 0 fully saturated rings. The predicted octanol–water partition coefficient (Wildman–Crippen LogP) is 0.579. The molecule has 13 heavy (non-hydrogen) atoms. The van der Waals surface area contributed by atoms with E-state index in [4.69, 9.17) is 10.6 Å². The van der Waals surface area contributed by atoms with Crippen LogP contribution in [0.25, 0.3) is 0 Å². The molecule has 0 heterocycles. The van der Waals surface area contributed by atoms with Gasteiger partial charge in [0.15, 0.2) is 8.03 Å². The molecular weight excluding hydrogens is 189 g/mol. The third-order valence-corrected chi connectivity index (χ3v) is 2.92. The van der Waals surface area contributed by atoms with Gasteiger partial charge in [0.25, 0.3) is 0 Å². The van der Waals surface area contributed by atoms with Crippen molar-refractivity contribution in [3.05, 3.63) is 0 Å². The van der Waals surface area contributed by atoms with E-state index in [1.165, 1.54) is 0 Å². The SMILES string of the molecule is CC(CCCCN)C(O)C[PH](=O)O. The van der Waals surface area contributed by atoms with Crippen LogP contribution in [0.3, 0.4) is 0 Å². The average molecular weight is 209 g/mol. The summed E-state index contributed by atoms with van der Waals surface area (Å²) in [5, 5.41) is 9.42. The summed E-state index contributed by atoms with van der Waals surface area (Å²) in [4.78, 5) is 8.61. The first-order chi connectivity index (χ1) is 6.07. The largest absolute Gasteiger partial charge is 0.392 e. The average Bonchev–Trinajstić information content (AvgIpc) is 2.03. The zero-order valence-corrected chi connectivity index (χ0v) is 9.07. The molecule has 0 spiro atoms. The molecule has 4 nitrogen and oxygen atoms in total. The third-order valence-electron chi connectivity index (χ3n) is 2.15. The number of hydrogen-bond donors (Lipinski definition) is 3. The summed E-state index contributed by atoms with van der Waals surface area (Å²) in [7, 11) is -2.53. The minimum Gasteiger partial charge on any atom is -0.392 e. The normalized spacial score (nSPS) is 18.2. The van der Waals surface area contributed by atoms with E-state index in [2.05, 4.69) is 0 Å². The van der Waals surface area contributed by atoms with Crippen molar-refractivity contribution in [1.29, 1.82) is 0 Å². The Morgan fingerprint density at radius 2 is 2.08 bits per heavy atom. The maximum absolute atomic E-state index is 10.4. The van der Waals surface area contributed by atoms with Crippen LogP contribution in [0.1, 0.15) is 26.2 Å². The van der Waals surface area contributed by atoms with Crippen LogP contribution >= 0.6 is 8.03 Å². The molecule has 3 atom stereocenters. The topological polar surface area (TPSA) is 83.5 Å². The zero-order valence-electron chi connectivity index (χ0n) is 8.07. The number of nitrogens with two attached hydrogens (primary N) is 1. The van der Waals surface area contributed by atoms with Gasteiger partial charge in [0.05, 0.1) is 6.10 Å². The minimum absolute atomic E-state index is 0.0223. The van der Waals surface area contributed by atoms with Crippen LogP contribution in [0, 0.1) is 5.92 Å². The van der Waals surface area contributed by atoms with Crippen LogP contribution in [0.4, 0.5) is 0 Å². The highest BCUT2D eigenvalue weighted by atomic mass is 31.1. The van der Waals surface area contributed by atoms with Crippen molar-refractivity contribution in [2.75, 3.05) is 12.7 Å². The fourth-order valence-corrected chi connectivity index (χ4v) is 1.94. The molecule has 0 amide bonds. The van der Waals surface area contributed by atoms with Gasteiger partial charge in [-0.25, -0.2) is 0 Å². The highest BCUT2D eigenvalue weighted by molar-refractivity contribution is 7.38. The van der Waals surface area contributed by atoms with Crippen LogP contribution < -0.4 is 5.73 Å². The van der Waals surface area contributed by atoms with Crippen molar-refractivity contribution >= 4 is 8.03 Å². The maximum Gasteiger partial charge on any atom is 0.191 e. The number of unbranched alkanes of at least 4 members (excludes halogenated alkanes) is 1. The van der Waals surface area contributed by atoms with Gasteiger partial charge in [-0.15, -0.1) is 0 Å². The second kappa shape index (κ2) is 7.51. The Morgan fingerprint density at radius 3 is 2.54 bits per heavy atom. The summed E-state index contributed by atoms with van der Waals surface area (Å²) in [5.74, 6) is 0.0904. The lowest BCUT2D eigenvalue weighted by atomic mass is 9.99. The van der Waals surface area contributed by atoms with Crippen molar-refractivity contribution in [2.24, 2.45) is 11.7 Å². The van der Waals surface area contributed by atoms with Gasteiger partial charge in [0, 0.05) is 6.16 Å². The summed E-state index contributed by atoms with van der Waals surface area (Å²) in [6, 6.07) is 0. The molecule has 3 unspecified atom stereocenters. The molecule has 0 aromatic heterocycles. The summed E-state index contributed by atoms with van der Waals surface area (Å²) in [6.07, 6.45) is 2.17. The Morgan fingerprint density at radius 1 is 1.46 bits per heavy atom. The van der Waals surface area contributed by atoms with E-state index in [-0.39, 0.29) is 12.1 Å². The monoisotopic (exact) mass is 209 g/mol. The van der Waals surface area contributed by atoms with Gasteiger partial charge in [-0.05, 0) is 25.3 Å². The molecule has 4 N–H and O–H groups in total. The first kappa shape index (κ1) is 13.1. The highest BCUT2D eigenvalue weighted by Gasteiger charge is 2.15. The quantitative estimate of drug-likeness (QED) is 0.423. The van der Waals surface area contributed by atoms with Crippen LogP contribution in [0.2, 0.25) is 0 Å². The second-order valence-electron chi connectivity index (χ2n) is 3.43. The molecule has 0 radical (unpaired) electrons.